The number of nitrogens with one attached hydrogen (secondary N) is 1. The van der Waals surface area contributed by atoms with E-state index in [4.69, 9.17) is 9.47 Å². The molecule has 1 N–H and O–H groups in total. The summed E-state index contributed by atoms with van der Waals surface area (Å²) in [4.78, 5) is 12.1. The van der Waals surface area contributed by atoms with Gasteiger partial charge in [-0.1, -0.05) is 18.2 Å². The molecule has 23 heavy (non-hydrogen) atoms. The number of ether oxygens (including phenoxy) is 2. The van der Waals surface area contributed by atoms with Crippen molar-refractivity contribution < 1.29 is 14.3 Å². The molecular weight excluding hydrogens is 292 g/mol. The lowest BCUT2D eigenvalue weighted by atomic mass is 10.1. The van der Waals surface area contributed by atoms with Crippen LogP contribution in [0.3, 0.4) is 0 Å². The normalized spacial score (nSPS) is 20.0. The molecule has 0 spiro atoms. The van der Waals surface area contributed by atoms with Gasteiger partial charge in [0.1, 0.15) is 24.0 Å². The number of nitrogens with zero attached hydrogens (tertiary/aromatic N) is 1. The molecule has 1 atom stereocenters. The van der Waals surface area contributed by atoms with Crippen molar-refractivity contribution in [3.05, 3.63) is 47.1 Å². The third-order valence-electron chi connectivity index (χ3n) is 3.86. The minimum Gasteiger partial charge on any atom is -0.488 e. The van der Waals surface area contributed by atoms with Crippen LogP contribution in [-0.4, -0.2) is 31.8 Å². The number of nitriles is 1. The van der Waals surface area contributed by atoms with Gasteiger partial charge in [-0.3, -0.25) is 4.79 Å². The smallest absolute Gasteiger partial charge is 0.262 e. The van der Waals surface area contributed by atoms with E-state index in [2.05, 4.69) is 5.32 Å². The van der Waals surface area contributed by atoms with Gasteiger partial charge in [-0.05, 0) is 36.6 Å². The fourth-order valence-corrected chi connectivity index (χ4v) is 2.66. The predicted octanol–water partition coefficient (Wildman–Crippen LogP) is 2.21. The van der Waals surface area contributed by atoms with Crippen LogP contribution in [-0.2, 0) is 9.53 Å². The first-order chi connectivity index (χ1) is 11.3. The Hall–Kier alpha value is -2.58. The highest BCUT2D eigenvalue weighted by Crippen LogP contribution is 2.26. The molecular formula is C18H18N2O3. The molecule has 2 aliphatic heterocycles. The van der Waals surface area contributed by atoms with E-state index in [0.717, 1.165) is 36.3 Å². The summed E-state index contributed by atoms with van der Waals surface area (Å²) >= 11 is 0. The van der Waals surface area contributed by atoms with Crippen LogP contribution in [0.5, 0.6) is 5.75 Å². The Bertz CT molecular complexity index is 694. The van der Waals surface area contributed by atoms with Crippen molar-refractivity contribution in [2.24, 2.45) is 0 Å². The summed E-state index contributed by atoms with van der Waals surface area (Å²) in [5.74, 6) is 0.439. The number of benzene rings is 1. The molecule has 2 aliphatic rings. The molecule has 5 nitrogen and oxygen atoms in total. The van der Waals surface area contributed by atoms with Crippen LogP contribution in [0.25, 0.3) is 6.08 Å². The molecule has 0 aromatic heterocycles. The molecule has 0 saturated carbocycles. The quantitative estimate of drug-likeness (QED) is 0.683. The first kappa shape index (κ1) is 15.3. The molecule has 118 valence electrons. The largest absolute Gasteiger partial charge is 0.488 e. The molecule has 3 rings (SSSR count). The summed E-state index contributed by atoms with van der Waals surface area (Å²) < 4.78 is 11.1. The second kappa shape index (κ2) is 7.12. The van der Waals surface area contributed by atoms with Crippen LogP contribution in [0.4, 0.5) is 0 Å². The molecule has 1 fully saturated rings. The maximum atomic E-state index is 12.1. The second-order valence-corrected chi connectivity index (χ2v) is 5.56. The lowest BCUT2D eigenvalue weighted by Crippen LogP contribution is -2.32. The van der Waals surface area contributed by atoms with Crippen molar-refractivity contribution in [3.63, 3.8) is 0 Å². The molecule has 1 aromatic carbocycles. The highest BCUT2D eigenvalue weighted by Gasteiger charge is 2.18. The lowest BCUT2D eigenvalue weighted by Gasteiger charge is -2.16. The average molecular weight is 310 g/mol. The van der Waals surface area contributed by atoms with Crippen molar-refractivity contribution in [2.75, 3.05) is 19.8 Å². The Morgan fingerprint density at radius 1 is 1.43 bits per heavy atom. The average Bonchev–Trinajstić information content (AvgIpc) is 3.11. The molecule has 2 heterocycles. The van der Waals surface area contributed by atoms with Crippen LogP contribution in [0.15, 0.2) is 41.5 Å². The molecule has 0 aliphatic carbocycles. The van der Waals surface area contributed by atoms with E-state index in [9.17, 15) is 10.1 Å². The van der Waals surface area contributed by atoms with Crippen LogP contribution >= 0.6 is 0 Å². The van der Waals surface area contributed by atoms with Gasteiger partial charge < -0.3 is 14.8 Å². The van der Waals surface area contributed by atoms with Gasteiger partial charge in [0, 0.05) is 18.7 Å². The SMILES string of the molecule is N#CC(=CC1=Cc2ccccc2OC1)C(=O)NCC1CCCO1. The molecule has 1 saturated heterocycles. The number of para-hydroxylation sites is 1. The zero-order chi connectivity index (χ0) is 16.1. The zero-order valence-electron chi connectivity index (χ0n) is 12.7. The number of amides is 1. The number of rotatable bonds is 4. The topological polar surface area (TPSA) is 71.3 Å². The molecule has 1 unspecified atom stereocenters. The van der Waals surface area contributed by atoms with Gasteiger partial charge >= 0.3 is 0 Å². The monoisotopic (exact) mass is 310 g/mol. The van der Waals surface area contributed by atoms with Crippen LogP contribution < -0.4 is 10.1 Å². The maximum Gasteiger partial charge on any atom is 0.262 e. The van der Waals surface area contributed by atoms with Crippen molar-refractivity contribution in [1.82, 2.24) is 5.32 Å². The van der Waals surface area contributed by atoms with E-state index in [1.807, 2.05) is 36.4 Å². The predicted molar refractivity (Wildman–Crippen MR) is 85.6 cm³/mol. The number of hydrogen-bond acceptors (Lipinski definition) is 4. The minimum atomic E-state index is -0.372. The van der Waals surface area contributed by atoms with E-state index in [1.165, 1.54) is 0 Å². The summed E-state index contributed by atoms with van der Waals surface area (Å²) in [6, 6.07) is 9.62. The van der Waals surface area contributed by atoms with Crippen molar-refractivity contribution in [2.45, 2.75) is 18.9 Å². The Morgan fingerprint density at radius 2 is 2.30 bits per heavy atom. The van der Waals surface area contributed by atoms with E-state index in [0.29, 0.717) is 13.2 Å². The highest BCUT2D eigenvalue weighted by atomic mass is 16.5. The third kappa shape index (κ3) is 3.79. The highest BCUT2D eigenvalue weighted by molar-refractivity contribution is 5.98. The fraction of sp³-hybridized carbons (Fsp3) is 0.333. The van der Waals surface area contributed by atoms with E-state index >= 15 is 0 Å². The van der Waals surface area contributed by atoms with Gasteiger partial charge in [0.25, 0.3) is 5.91 Å². The third-order valence-corrected chi connectivity index (χ3v) is 3.86. The molecule has 1 amide bonds. The fourth-order valence-electron chi connectivity index (χ4n) is 2.66. The Morgan fingerprint density at radius 3 is 3.09 bits per heavy atom. The second-order valence-electron chi connectivity index (χ2n) is 5.56. The summed E-state index contributed by atoms with van der Waals surface area (Å²) in [7, 11) is 0. The molecule has 5 heteroatoms. The van der Waals surface area contributed by atoms with E-state index in [1.54, 1.807) is 6.08 Å². The van der Waals surface area contributed by atoms with Crippen LogP contribution in [0.2, 0.25) is 0 Å². The van der Waals surface area contributed by atoms with Gasteiger partial charge in [0.05, 0.1) is 6.10 Å². The molecule has 1 aromatic rings. The number of carbonyl (C=O) groups excluding carboxylic acids is 1. The van der Waals surface area contributed by atoms with Crippen LogP contribution in [0, 0.1) is 11.3 Å². The summed E-state index contributed by atoms with van der Waals surface area (Å²) in [6.45, 7) is 1.53. The summed E-state index contributed by atoms with van der Waals surface area (Å²) in [5.41, 5.74) is 1.83. The van der Waals surface area contributed by atoms with Crippen LogP contribution in [0.1, 0.15) is 18.4 Å². The van der Waals surface area contributed by atoms with Gasteiger partial charge in [-0.25, -0.2) is 0 Å². The minimum absolute atomic E-state index is 0.0583. The van der Waals surface area contributed by atoms with Gasteiger partial charge in [-0.2, -0.15) is 5.26 Å². The first-order valence-corrected chi connectivity index (χ1v) is 7.70. The Balaban J connectivity index is 1.68. The first-order valence-electron chi connectivity index (χ1n) is 7.70. The summed E-state index contributed by atoms with van der Waals surface area (Å²) in [5, 5.41) is 12.0. The molecule has 0 radical (unpaired) electrons. The van der Waals surface area contributed by atoms with Gasteiger partial charge in [-0.15, -0.1) is 0 Å². The number of fused-ring (bicyclic) bond motifs is 1. The maximum absolute atomic E-state index is 12.1. The lowest BCUT2D eigenvalue weighted by molar-refractivity contribution is -0.117. The van der Waals surface area contributed by atoms with E-state index in [-0.39, 0.29) is 17.6 Å². The van der Waals surface area contributed by atoms with E-state index < -0.39 is 0 Å². The molecule has 0 bridgehead atoms. The van der Waals surface area contributed by atoms with Gasteiger partial charge in [0.2, 0.25) is 0 Å². The van der Waals surface area contributed by atoms with Gasteiger partial charge in [0.15, 0.2) is 0 Å². The van der Waals surface area contributed by atoms with Crippen molar-refractivity contribution in [1.29, 1.82) is 5.26 Å². The number of carbonyl (C=O) groups is 1. The van der Waals surface area contributed by atoms with Crippen molar-refractivity contribution >= 4 is 12.0 Å². The number of hydrogen-bond donors (Lipinski definition) is 1. The standard InChI is InChI=1S/C18H18N2O3/c19-10-15(18(21)20-11-16-5-3-7-22-16)9-13-8-14-4-1-2-6-17(14)23-12-13/h1-2,4,6,8-9,16H,3,5,7,11-12H2,(H,20,21). The Kier molecular flexibility index (Phi) is 4.74. The zero-order valence-corrected chi connectivity index (χ0v) is 12.7. The summed E-state index contributed by atoms with van der Waals surface area (Å²) in [6.07, 6.45) is 5.54. The van der Waals surface area contributed by atoms with Crippen molar-refractivity contribution in [3.8, 4) is 11.8 Å². The Labute approximate surface area is 135 Å².